The molecule has 16 heavy (non-hydrogen) atoms. The van der Waals surface area contributed by atoms with Crippen LogP contribution in [0.2, 0.25) is 0 Å². The zero-order valence-corrected chi connectivity index (χ0v) is 9.74. The maximum Gasteiger partial charge on any atom is 0.343 e. The second kappa shape index (κ2) is 5.95. The van der Waals surface area contributed by atoms with Crippen LogP contribution >= 0.6 is 0 Å². The number of hydrogen-bond donors (Lipinski definition) is 1. The summed E-state index contributed by atoms with van der Waals surface area (Å²) >= 11 is 0. The molecule has 0 aliphatic carbocycles. The lowest BCUT2D eigenvalue weighted by Gasteiger charge is -2.09. The number of hydrogen-bond acceptors (Lipinski definition) is 5. The molecule has 0 bridgehead atoms. The number of carbonyl (C=O) groups excluding carboxylic acids is 1. The molecule has 5 nitrogen and oxygen atoms in total. The van der Waals surface area contributed by atoms with Gasteiger partial charge in [-0.3, -0.25) is 0 Å². The van der Waals surface area contributed by atoms with Crippen LogP contribution in [0.15, 0.2) is 12.1 Å². The van der Waals surface area contributed by atoms with Gasteiger partial charge in [0.05, 0.1) is 13.2 Å². The minimum Gasteiger partial charge on any atom is -0.477 e. The number of nitrogens with one attached hydrogen (secondary N) is 1. The Balaban J connectivity index is 3.01. The molecule has 0 aliphatic heterocycles. The minimum absolute atomic E-state index is 0.299. The second-order valence-electron chi connectivity index (χ2n) is 2.95. The summed E-state index contributed by atoms with van der Waals surface area (Å²) in [6, 6.07) is 3.34. The van der Waals surface area contributed by atoms with E-state index in [4.69, 9.17) is 9.47 Å². The molecule has 0 unspecified atom stereocenters. The zero-order valence-electron chi connectivity index (χ0n) is 9.74. The van der Waals surface area contributed by atoms with E-state index in [0.717, 1.165) is 0 Å². The van der Waals surface area contributed by atoms with Gasteiger partial charge in [0.15, 0.2) is 0 Å². The first-order valence-corrected chi connectivity index (χ1v) is 5.21. The third-order valence-electron chi connectivity index (χ3n) is 1.89. The van der Waals surface area contributed by atoms with Crippen LogP contribution in [0.25, 0.3) is 0 Å². The first-order valence-electron chi connectivity index (χ1n) is 5.21. The van der Waals surface area contributed by atoms with E-state index in [1.807, 2.05) is 6.92 Å². The van der Waals surface area contributed by atoms with E-state index >= 15 is 0 Å². The number of ether oxygens (including phenoxy) is 2. The van der Waals surface area contributed by atoms with Crippen molar-refractivity contribution in [2.75, 3.05) is 25.6 Å². The highest BCUT2D eigenvalue weighted by Gasteiger charge is 2.15. The Bertz CT molecular complexity index is 366. The fraction of sp³-hybridized carbons (Fsp3) is 0.455. The van der Waals surface area contributed by atoms with Gasteiger partial charge in [-0.1, -0.05) is 0 Å². The van der Waals surface area contributed by atoms with Gasteiger partial charge in [0.1, 0.15) is 11.4 Å². The highest BCUT2D eigenvalue weighted by atomic mass is 16.5. The Morgan fingerprint density at radius 1 is 1.38 bits per heavy atom. The van der Waals surface area contributed by atoms with Crippen molar-refractivity contribution in [1.29, 1.82) is 0 Å². The number of aromatic nitrogens is 1. The van der Waals surface area contributed by atoms with Crippen molar-refractivity contribution in [2.45, 2.75) is 13.8 Å². The van der Waals surface area contributed by atoms with Crippen molar-refractivity contribution in [1.82, 2.24) is 4.98 Å². The van der Waals surface area contributed by atoms with E-state index < -0.39 is 5.97 Å². The lowest BCUT2D eigenvalue weighted by atomic mass is 10.2. The number of carbonyl (C=O) groups is 1. The molecule has 0 saturated heterocycles. The van der Waals surface area contributed by atoms with Gasteiger partial charge in [0.2, 0.25) is 5.88 Å². The highest BCUT2D eigenvalue weighted by Crippen LogP contribution is 2.19. The van der Waals surface area contributed by atoms with Crippen molar-refractivity contribution in [3.8, 4) is 5.88 Å². The largest absolute Gasteiger partial charge is 0.477 e. The lowest BCUT2D eigenvalue weighted by Crippen LogP contribution is -2.10. The van der Waals surface area contributed by atoms with Gasteiger partial charge in [-0.2, -0.15) is 4.98 Å². The number of pyridine rings is 1. The van der Waals surface area contributed by atoms with Crippen LogP contribution in [0.3, 0.4) is 0 Å². The first kappa shape index (κ1) is 12.3. The van der Waals surface area contributed by atoms with E-state index in [1.54, 1.807) is 26.1 Å². The molecule has 1 rings (SSSR count). The van der Waals surface area contributed by atoms with Crippen LogP contribution in [0.5, 0.6) is 5.88 Å². The number of esters is 1. The van der Waals surface area contributed by atoms with E-state index in [-0.39, 0.29) is 0 Å². The van der Waals surface area contributed by atoms with Crippen LogP contribution in [-0.4, -0.2) is 31.2 Å². The average molecular weight is 224 g/mol. The van der Waals surface area contributed by atoms with Gasteiger partial charge in [-0.25, -0.2) is 4.79 Å². The highest BCUT2D eigenvalue weighted by molar-refractivity contribution is 5.92. The third kappa shape index (κ3) is 2.85. The molecule has 0 spiro atoms. The molecule has 0 aliphatic rings. The summed E-state index contributed by atoms with van der Waals surface area (Å²) in [5.74, 6) is 0.533. The van der Waals surface area contributed by atoms with Crippen LogP contribution in [0.1, 0.15) is 24.2 Å². The molecule has 1 N–H and O–H groups in total. The van der Waals surface area contributed by atoms with Gasteiger partial charge < -0.3 is 14.8 Å². The molecule has 0 radical (unpaired) electrons. The van der Waals surface area contributed by atoms with Crippen molar-refractivity contribution in [3.05, 3.63) is 17.7 Å². The smallest absolute Gasteiger partial charge is 0.343 e. The Morgan fingerprint density at radius 2 is 2.12 bits per heavy atom. The molecule has 0 fully saturated rings. The average Bonchev–Trinajstić information content (AvgIpc) is 2.29. The summed E-state index contributed by atoms with van der Waals surface area (Å²) in [5, 5.41) is 2.88. The number of nitrogens with zero attached hydrogens (tertiary/aromatic N) is 1. The molecular formula is C11H16N2O3. The van der Waals surface area contributed by atoms with Crippen molar-refractivity contribution in [3.63, 3.8) is 0 Å². The Hall–Kier alpha value is -1.78. The molecule has 1 aromatic heterocycles. The van der Waals surface area contributed by atoms with E-state index in [2.05, 4.69) is 10.3 Å². The number of anilines is 1. The maximum absolute atomic E-state index is 11.6. The first-order chi connectivity index (χ1) is 7.72. The zero-order chi connectivity index (χ0) is 12.0. The summed E-state index contributed by atoms with van der Waals surface area (Å²) in [5.41, 5.74) is 0.350. The van der Waals surface area contributed by atoms with E-state index in [9.17, 15) is 4.79 Å². The summed E-state index contributed by atoms with van der Waals surface area (Å²) in [4.78, 5) is 15.7. The van der Waals surface area contributed by atoms with Gasteiger partial charge in [-0.05, 0) is 26.0 Å². The fourth-order valence-electron chi connectivity index (χ4n) is 1.19. The second-order valence-corrected chi connectivity index (χ2v) is 2.95. The molecule has 1 aromatic rings. The van der Waals surface area contributed by atoms with Gasteiger partial charge >= 0.3 is 5.97 Å². The SMILES string of the molecule is CCOC(=O)c1ccc(NC)nc1OCC. The number of rotatable bonds is 5. The van der Waals surface area contributed by atoms with Gasteiger partial charge in [0.25, 0.3) is 0 Å². The standard InChI is InChI=1S/C11H16N2O3/c1-4-15-10-8(11(14)16-5-2)6-7-9(12-3)13-10/h6-7H,4-5H2,1-3H3,(H,12,13). The minimum atomic E-state index is -0.416. The Labute approximate surface area is 94.8 Å². The topological polar surface area (TPSA) is 60.5 Å². The van der Waals surface area contributed by atoms with Crippen molar-refractivity contribution >= 4 is 11.8 Å². The van der Waals surface area contributed by atoms with Gasteiger partial charge in [-0.15, -0.1) is 0 Å². The van der Waals surface area contributed by atoms with Crippen LogP contribution < -0.4 is 10.1 Å². The fourth-order valence-corrected chi connectivity index (χ4v) is 1.19. The Kier molecular flexibility index (Phi) is 4.57. The van der Waals surface area contributed by atoms with Crippen molar-refractivity contribution in [2.24, 2.45) is 0 Å². The lowest BCUT2D eigenvalue weighted by molar-refractivity contribution is 0.0521. The molecule has 0 atom stereocenters. The molecule has 5 heteroatoms. The molecular weight excluding hydrogens is 208 g/mol. The third-order valence-corrected chi connectivity index (χ3v) is 1.89. The predicted molar refractivity (Wildman–Crippen MR) is 60.9 cm³/mol. The van der Waals surface area contributed by atoms with E-state index in [1.165, 1.54) is 0 Å². The molecule has 1 heterocycles. The summed E-state index contributed by atoms with van der Waals surface area (Å²) in [6.45, 7) is 4.38. The molecule has 0 saturated carbocycles. The van der Waals surface area contributed by atoms with Crippen molar-refractivity contribution < 1.29 is 14.3 Å². The Morgan fingerprint density at radius 3 is 2.69 bits per heavy atom. The monoisotopic (exact) mass is 224 g/mol. The predicted octanol–water partition coefficient (Wildman–Crippen LogP) is 1.70. The summed E-state index contributed by atoms with van der Waals surface area (Å²) < 4.78 is 10.2. The van der Waals surface area contributed by atoms with Crippen LogP contribution in [0, 0.1) is 0 Å². The molecule has 88 valence electrons. The van der Waals surface area contributed by atoms with Crippen LogP contribution in [0.4, 0.5) is 5.82 Å². The van der Waals surface area contributed by atoms with E-state index in [0.29, 0.717) is 30.5 Å². The van der Waals surface area contributed by atoms with Gasteiger partial charge in [0, 0.05) is 7.05 Å². The molecule has 0 aromatic carbocycles. The maximum atomic E-state index is 11.6. The summed E-state index contributed by atoms with van der Waals surface area (Å²) in [6.07, 6.45) is 0. The molecule has 0 amide bonds. The normalized spacial score (nSPS) is 9.69. The van der Waals surface area contributed by atoms with Crippen LogP contribution in [-0.2, 0) is 4.74 Å². The quantitative estimate of drug-likeness (QED) is 0.771. The summed E-state index contributed by atoms with van der Waals surface area (Å²) in [7, 11) is 1.75.